The minimum absolute atomic E-state index is 0.395. The molecule has 0 aliphatic carbocycles. The number of rotatable bonds is 2. The molecule has 0 saturated heterocycles. The molecule has 0 amide bonds. The van der Waals surface area contributed by atoms with Gasteiger partial charge in [0.1, 0.15) is 0 Å². The second-order valence-corrected chi connectivity index (χ2v) is 5.90. The van der Waals surface area contributed by atoms with Crippen LogP contribution in [0.2, 0.25) is 0 Å². The zero-order valence-electron chi connectivity index (χ0n) is 12.7. The van der Waals surface area contributed by atoms with Gasteiger partial charge in [0.25, 0.3) is 0 Å². The van der Waals surface area contributed by atoms with Crippen LogP contribution in [-0.2, 0) is 0 Å². The third kappa shape index (κ3) is 2.17. The summed E-state index contributed by atoms with van der Waals surface area (Å²) < 4.78 is 0. The van der Waals surface area contributed by atoms with Crippen molar-refractivity contribution in [3.8, 4) is 0 Å². The molecule has 1 unspecified atom stereocenters. The Balaban J connectivity index is 1.96. The topological polar surface area (TPSA) is 0 Å². The van der Waals surface area contributed by atoms with Gasteiger partial charge in [-0.25, -0.2) is 0 Å². The van der Waals surface area contributed by atoms with Crippen LogP contribution in [0, 0.1) is 0 Å². The van der Waals surface area contributed by atoms with Crippen LogP contribution in [0.5, 0.6) is 0 Å². The van der Waals surface area contributed by atoms with E-state index in [9.17, 15) is 0 Å². The molecule has 0 N–H and O–H groups in total. The molecular formula is C22H18. The van der Waals surface area contributed by atoms with Crippen LogP contribution in [0.1, 0.15) is 24.0 Å². The van der Waals surface area contributed by atoms with Crippen LogP contribution >= 0.6 is 0 Å². The summed E-state index contributed by atoms with van der Waals surface area (Å²) in [7, 11) is 0. The molecule has 0 aliphatic rings. The van der Waals surface area contributed by atoms with Crippen LogP contribution in [0.25, 0.3) is 21.5 Å². The maximum atomic E-state index is 2.33. The SMILES string of the molecule is CC(c1ccccc1)c1cccc2cc3ccccc3cc12. The lowest BCUT2D eigenvalue weighted by Crippen LogP contribution is -1.97. The van der Waals surface area contributed by atoms with Crippen molar-refractivity contribution in [1.29, 1.82) is 0 Å². The van der Waals surface area contributed by atoms with Crippen molar-refractivity contribution in [1.82, 2.24) is 0 Å². The van der Waals surface area contributed by atoms with E-state index in [1.807, 2.05) is 0 Å². The Labute approximate surface area is 131 Å². The van der Waals surface area contributed by atoms with Gasteiger partial charge in [-0.3, -0.25) is 0 Å². The maximum Gasteiger partial charge on any atom is 0.00671 e. The van der Waals surface area contributed by atoms with Crippen molar-refractivity contribution >= 4 is 21.5 Å². The lowest BCUT2D eigenvalue weighted by molar-refractivity contribution is 0.933. The average molecular weight is 282 g/mol. The third-order valence-corrected chi connectivity index (χ3v) is 4.55. The van der Waals surface area contributed by atoms with Gasteiger partial charge >= 0.3 is 0 Å². The van der Waals surface area contributed by atoms with E-state index in [1.54, 1.807) is 0 Å². The van der Waals surface area contributed by atoms with Crippen molar-refractivity contribution in [2.24, 2.45) is 0 Å². The molecule has 0 bridgehead atoms. The minimum atomic E-state index is 0.395. The number of benzene rings is 4. The summed E-state index contributed by atoms with van der Waals surface area (Å²) in [6.45, 7) is 2.29. The molecule has 0 aliphatic heterocycles. The van der Waals surface area contributed by atoms with Gasteiger partial charge in [-0.05, 0) is 44.8 Å². The van der Waals surface area contributed by atoms with Crippen LogP contribution in [0.4, 0.5) is 0 Å². The first-order valence-corrected chi connectivity index (χ1v) is 7.79. The second-order valence-electron chi connectivity index (χ2n) is 5.90. The van der Waals surface area contributed by atoms with Crippen molar-refractivity contribution in [3.05, 3.63) is 96.1 Å². The van der Waals surface area contributed by atoms with Gasteiger partial charge in [0.15, 0.2) is 0 Å². The quantitative estimate of drug-likeness (QED) is 0.387. The van der Waals surface area contributed by atoms with Gasteiger partial charge in [0.2, 0.25) is 0 Å². The van der Waals surface area contributed by atoms with Crippen LogP contribution in [0.3, 0.4) is 0 Å². The molecule has 22 heavy (non-hydrogen) atoms. The molecular weight excluding hydrogens is 264 g/mol. The Morgan fingerprint density at radius 3 is 2.00 bits per heavy atom. The van der Waals surface area contributed by atoms with Crippen LogP contribution in [-0.4, -0.2) is 0 Å². The summed E-state index contributed by atoms with van der Waals surface area (Å²) in [5.41, 5.74) is 2.76. The zero-order valence-corrected chi connectivity index (χ0v) is 12.7. The van der Waals surface area contributed by atoms with E-state index in [0.29, 0.717) is 5.92 Å². The lowest BCUT2D eigenvalue weighted by atomic mass is 9.88. The van der Waals surface area contributed by atoms with Crippen molar-refractivity contribution in [2.45, 2.75) is 12.8 Å². The monoisotopic (exact) mass is 282 g/mol. The van der Waals surface area contributed by atoms with Gasteiger partial charge in [0, 0.05) is 5.92 Å². The summed E-state index contributed by atoms with van der Waals surface area (Å²) in [5, 5.41) is 5.29. The molecule has 0 heterocycles. The van der Waals surface area contributed by atoms with Gasteiger partial charge in [-0.2, -0.15) is 0 Å². The van der Waals surface area contributed by atoms with E-state index in [0.717, 1.165) is 0 Å². The van der Waals surface area contributed by atoms with E-state index in [2.05, 4.69) is 91.9 Å². The Kier molecular flexibility index (Phi) is 3.16. The van der Waals surface area contributed by atoms with E-state index in [4.69, 9.17) is 0 Å². The first kappa shape index (κ1) is 13.1. The highest BCUT2D eigenvalue weighted by Crippen LogP contribution is 2.32. The predicted octanol–water partition coefficient (Wildman–Crippen LogP) is 6.14. The van der Waals surface area contributed by atoms with E-state index >= 15 is 0 Å². The van der Waals surface area contributed by atoms with Crippen LogP contribution in [0.15, 0.2) is 84.9 Å². The van der Waals surface area contributed by atoms with Crippen molar-refractivity contribution in [3.63, 3.8) is 0 Å². The minimum Gasteiger partial charge on any atom is -0.0622 e. The molecule has 4 aromatic rings. The molecule has 106 valence electrons. The molecule has 0 nitrogen and oxygen atoms in total. The van der Waals surface area contributed by atoms with Gasteiger partial charge < -0.3 is 0 Å². The highest BCUT2D eigenvalue weighted by Gasteiger charge is 2.11. The highest BCUT2D eigenvalue weighted by atomic mass is 14.2. The number of fused-ring (bicyclic) bond motifs is 2. The predicted molar refractivity (Wildman–Crippen MR) is 95.4 cm³/mol. The van der Waals surface area contributed by atoms with Gasteiger partial charge in [0.05, 0.1) is 0 Å². The molecule has 4 aromatic carbocycles. The van der Waals surface area contributed by atoms with Crippen LogP contribution < -0.4 is 0 Å². The number of hydrogen-bond donors (Lipinski definition) is 0. The Bertz CT molecular complexity index is 936. The van der Waals surface area contributed by atoms with E-state index in [1.165, 1.54) is 32.7 Å². The Hall–Kier alpha value is -2.60. The highest BCUT2D eigenvalue weighted by molar-refractivity contribution is 5.99. The summed E-state index contributed by atoms with van der Waals surface area (Å²) in [6.07, 6.45) is 0. The lowest BCUT2D eigenvalue weighted by Gasteiger charge is -2.16. The molecule has 0 saturated carbocycles. The largest absolute Gasteiger partial charge is 0.0622 e. The number of hydrogen-bond acceptors (Lipinski definition) is 0. The first-order chi connectivity index (χ1) is 10.8. The fraction of sp³-hybridized carbons (Fsp3) is 0.0909. The average Bonchev–Trinajstić information content (AvgIpc) is 2.59. The fourth-order valence-electron chi connectivity index (χ4n) is 3.29. The Morgan fingerprint density at radius 1 is 0.591 bits per heavy atom. The zero-order chi connectivity index (χ0) is 14.9. The van der Waals surface area contributed by atoms with Crippen molar-refractivity contribution in [2.75, 3.05) is 0 Å². The normalized spacial score (nSPS) is 12.6. The molecule has 0 spiro atoms. The van der Waals surface area contributed by atoms with Gasteiger partial charge in [-0.1, -0.05) is 79.7 Å². The molecule has 0 radical (unpaired) electrons. The van der Waals surface area contributed by atoms with Gasteiger partial charge in [-0.15, -0.1) is 0 Å². The third-order valence-electron chi connectivity index (χ3n) is 4.55. The fourth-order valence-corrected chi connectivity index (χ4v) is 3.29. The van der Waals surface area contributed by atoms with Crippen molar-refractivity contribution < 1.29 is 0 Å². The van der Waals surface area contributed by atoms with E-state index < -0.39 is 0 Å². The second kappa shape index (κ2) is 5.31. The smallest absolute Gasteiger partial charge is 0.00671 e. The first-order valence-electron chi connectivity index (χ1n) is 7.79. The summed E-state index contributed by atoms with van der Waals surface area (Å²) in [6, 6.07) is 30.6. The van der Waals surface area contributed by atoms with E-state index in [-0.39, 0.29) is 0 Å². The molecule has 4 rings (SSSR count). The summed E-state index contributed by atoms with van der Waals surface area (Å²) >= 11 is 0. The standard InChI is InChI=1S/C22H18/c1-16(17-8-3-2-4-9-17)21-13-7-12-20-14-18-10-5-6-11-19(18)15-22(20)21/h2-16H,1H3. The Morgan fingerprint density at radius 2 is 1.23 bits per heavy atom. The molecule has 0 aromatic heterocycles. The summed E-state index contributed by atoms with van der Waals surface area (Å²) in [4.78, 5) is 0. The molecule has 1 atom stereocenters. The molecule has 0 fully saturated rings. The molecule has 0 heteroatoms. The maximum absolute atomic E-state index is 2.33. The summed E-state index contributed by atoms with van der Waals surface area (Å²) in [5.74, 6) is 0.395.